The summed E-state index contributed by atoms with van der Waals surface area (Å²) in [4.78, 5) is 4.76. The predicted octanol–water partition coefficient (Wildman–Crippen LogP) is 7.34. The van der Waals surface area contributed by atoms with E-state index in [-0.39, 0.29) is 5.69 Å². The summed E-state index contributed by atoms with van der Waals surface area (Å²) in [6.07, 6.45) is -4.47. The molecule has 0 amide bonds. The van der Waals surface area contributed by atoms with Crippen LogP contribution >= 0.6 is 15.9 Å². The summed E-state index contributed by atoms with van der Waals surface area (Å²) in [6.45, 7) is 5.06. The van der Waals surface area contributed by atoms with Crippen molar-refractivity contribution in [1.29, 1.82) is 0 Å². The number of piperazine rings is 1. The van der Waals surface area contributed by atoms with Crippen molar-refractivity contribution in [3.63, 3.8) is 0 Å². The lowest BCUT2D eigenvalue weighted by Crippen LogP contribution is -2.43. The Labute approximate surface area is 217 Å². The Morgan fingerprint density at radius 3 is 1.86 bits per heavy atom. The average Bonchev–Trinajstić information content (AvgIpc) is 3.31. The van der Waals surface area contributed by atoms with Gasteiger partial charge in [-0.3, -0.25) is 4.90 Å². The van der Waals surface area contributed by atoms with Gasteiger partial charge in [0.25, 0.3) is 0 Å². The molecular formula is C29H27BrF3N3. The molecule has 7 heteroatoms. The van der Waals surface area contributed by atoms with Crippen molar-refractivity contribution in [3.05, 3.63) is 101 Å². The van der Waals surface area contributed by atoms with Crippen molar-refractivity contribution in [2.75, 3.05) is 33.2 Å². The summed E-state index contributed by atoms with van der Waals surface area (Å²) < 4.78 is 44.7. The largest absolute Gasteiger partial charge is 0.418 e. The van der Waals surface area contributed by atoms with Crippen LogP contribution in [-0.4, -0.2) is 47.6 Å². The first-order valence-corrected chi connectivity index (χ1v) is 12.7. The van der Waals surface area contributed by atoms with E-state index in [2.05, 4.69) is 44.9 Å². The molecule has 3 nitrogen and oxygen atoms in total. The van der Waals surface area contributed by atoms with Crippen molar-refractivity contribution >= 4 is 15.9 Å². The van der Waals surface area contributed by atoms with Crippen LogP contribution in [0.25, 0.3) is 28.2 Å². The van der Waals surface area contributed by atoms with Crippen LogP contribution in [0.15, 0.2) is 89.4 Å². The number of alkyl halides is 3. The first-order valence-electron chi connectivity index (χ1n) is 11.9. The van der Waals surface area contributed by atoms with Crippen LogP contribution in [0.4, 0.5) is 13.2 Å². The molecule has 1 saturated heterocycles. The Balaban J connectivity index is 1.56. The zero-order valence-corrected chi connectivity index (χ0v) is 21.6. The van der Waals surface area contributed by atoms with Gasteiger partial charge < -0.3 is 9.47 Å². The number of hydrogen-bond acceptors (Lipinski definition) is 2. The molecule has 2 heterocycles. The number of aromatic nitrogens is 1. The molecule has 36 heavy (non-hydrogen) atoms. The van der Waals surface area contributed by atoms with E-state index in [1.54, 1.807) is 10.6 Å². The molecule has 1 fully saturated rings. The minimum Gasteiger partial charge on any atom is -0.309 e. The minimum atomic E-state index is -4.47. The summed E-state index contributed by atoms with van der Waals surface area (Å²) in [7, 11) is 2.14. The minimum absolute atomic E-state index is 0.115. The SMILES string of the molecule is CN1CCN(Cc2ccc(-c3ccc(-c4ccc(Br)cc4)n3-c3ccccc3C(F)(F)F)cc2)CC1. The van der Waals surface area contributed by atoms with Crippen molar-refractivity contribution in [2.45, 2.75) is 12.7 Å². The molecule has 0 spiro atoms. The summed E-state index contributed by atoms with van der Waals surface area (Å²) >= 11 is 3.44. The molecule has 1 aliphatic rings. The maximum atomic E-state index is 14.0. The second kappa shape index (κ2) is 10.2. The molecule has 0 bridgehead atoms. The van der Waals surface area contributed by atoms with Gasteiger partial charge in [-0.15, -0.1) is 0 Å². The Kier molecular flexibility index (Phi) is 7.06. The number of hydrogen-bond donors (Lipinski definition) is 0. The van der Waals surface area contributed by atoms with Crippen LogP contribution in [-0.2, 0) is 12.7 Å². The summed E-state index contributed by atoms with van der Waals surface area (Å²) in [5.74, 6) is 0. The maximum Gasteiger partial charge on any atom is 0.418 e. The quantitative estimate of drug-likeness (QED) is 0.256. The van der Waals surface area contributed by atoms with Gasteiger partial charge in [0, 0.05) is 37.2 Å². The predicted molar refractivity (Wildman–Crippen MR) is 142 cm³/mol. The maximum absolute atomic E-state index is 14.0. The summed E-state index contributed by atoms with van der Waals surface area (Å²) in [6, 6.07) is 25.4. The zero-order chi connectivity index (χ0) is 25.3. The number of halogens is 4. The van der Waals surface area contributed by atoms with Crippen LogP contribution in [0.2, 0.25) is 0 Å². The Morgan fingerprint density at radius 1 is 0.722 bits per heavy atom. The smallest absolute Gasteiger partial charge is 0.309 e. The lowest BCUT2D eigenvalue weighted by molar-refractivity contribution is -0.137. The normalized spacial score (nSPS) is 15.4. The molecule has 1 aliphatic heterocycles. The van der Waals surface area contributed by atoms with E-state index in [0.29, 0.717) is 5.69 Å². The van der Waals surface area contributed by atoms with E-state index in [1.165, 1.54) is 17.7 Å². The fourth-order valence-corrected chi connectivity index (χ4v) is 4.99. The molecular weight excluding hydrogens is 527 g/mol. The highest BCUT2D eigenvalue weighted by atomic mass is 79.9. The van der Waals surface area contributed by atoms with Crippen LogP contribution in [0.5, 0.6) is 0 Å². The molecule has 0 N–H and O–H groups in total. The number of likely N-dealkylation sites (N-methyl/N-ethyl adjacent to an activating group) is 1. The Hall–Kier alpha value is -2.87. The molecule has 0 atom stereocenters. The van der Waals surface area contributed by atoms with Crippen molar-refractivity contribution < 1.29 is 13.2 Å². The van der Waals surface area contributed by atoms with Gasteiger partial charge in [-0.05, 0) is 60.1 Å². The highest BCUT2D eigenvalue weighted by molar-refractivity contribution is 9.10. The number of nitrogens with zero attached hydrogens (tertiary/aromatic N) is 3. The number of benzene rings is 3. The Bertz CT molecular complexity index is 1320. The molecule has 0 unspecified atom stereocenters. The molecule has 4 aromatic rings. The molecule has 186 valence electrons. The molecule has 0 saturated carbocycles. The number of para-hydroxylation sites is 1. The molecule has 3 aromatic carbocycles. The van der Waals surface area contributed by atoms with Gasteiger partial charge in [0.15, 0.2) is 0 Å². The van der Waals surface area contributed by atoms with E-state index in [1.807, 2.05) is 48.5 Å². The third kappa shape index (κ3) is 5.28. The van der Waals surface area contributed by atoms with Crippen LogP contribution in [0.3, 0.4) is 0 Å². The average molecular weight is 554 g/mol. The van der Waals surface area contributed by atoms with Crippen LogP contribution in [0, 0.1) is 0 Å². The molecule has 0 radical (unpaired) electrons. The van der Waals surface area contributed by atoms with Gasteiger partial charge >= 0.3 is 6.18 Å². The van der Waals surface area contributed by atoms with E-state index < -0.39 is 11.7 Å². The number of rotatable bonds is 5. The van der Waals surface area contributed by atoms with Crippen LogP contribution in [0.1, 0.15) is 11.1 Å². The van der Waals surface area contributed by atoms with E-state index >= 15 is 0 Å². The monoisotopic (exact) mass is 553 g/mol. The van der Waals surface area contributed by atoms with E-state index in [9.17, 15) is 13.2 Å². The highest BCUT2D eigenvalue weighted by Crippen LogP contribution is 2.39. The van der Waals surface area contributed by atoms with Gasteiger partial charge in [-0.1, -0.05) is 64.5 Å². The van der Waals surface area contributed by atoms with Gasteiger partial charge in [-0.2, -0.15) is 13.2 Å². The third-order valence-electron chi connectivity index (χ3n) is 6.72. The summed E-state index contributed by atoms with van der Waals surface area (Å²) in [5.41, 5.74) is 3.79. The third-order valence-corrected chi connectivity index (χ3v) is 7.25. The van der Waals surface area contributed by atoms with Crippen molar-refractivity contribution in [3.8, 4) is 28.2 Å². The zero-order valence-electron chi connectivity index (χ0n) is 20.0. The standard InChI is InChI=1S/C29H27BrF3N3/c1-34-16-18-35(19-17-34)20-21-6-8-22(9-7-21)26-14-15-27(23-10-12-24(30)13-11-23)36(26)28-5-3-2-4-25(28)29(31,32)33/h2-15H,16-20H2,1H3. The lowest BCUT2D eigenvalue weighted by Gasteiger charge is -2.32. The van der Waals surface area contributed by atoms with Gasteiger partial charge in [0.1, 0.15) is 0 Å². The van der Waals surface area contributed by atoms with Gasteiger partial charge in [0.2, 0.25) is 0 Å². The molecule has 5 rings (SSSR count). The molecule has 0 aliphatic carbocycles. The van der Waals surface area contributed by atoms with Gasteiger partial charge in [-0.25, -0.2) is 0 Å². The topological polar surface area (TPSA) is 11.4 Å². The van der Waals surface area contributed by atoms with Crippen molar-refractivity contribution in [1.82, 2.24) is 14.4 Å². The second-order valence-electron chi connectivity index (χ2n) is 9.24. The first-order chi connectivity index (χ1) is 17.3. The van der Waals surface area contributed by atoms with Crippen molar-refractivity contribution in [2.24, 2.45) is 0 Å². The van der Waals surface area contributed by atoms with E-state index in [0.717, 1.165) is 60.1 Å². The fourth-order valence-electron chi connectivity index (χ4n) is 4.72. The van der Waals surface area contributed by atoms with Gasteiger partial charge in [0.05, 0.1) is 22.6 Å². The lowest BCUT2D eigenvalue weighted by atomic mass is 10.1. The highest BCUT2D eigenvalue weighted by Gasteiger charge is 2.34. The first kappa shape index (κ1) is 24.8. The summed E-state index contributed by atoms with van der Waals surface area (Å²) in [5, 5.41) is 0. The molecule has 1 aromatic heterocycles. The fraction of sp³-hybridized carbons (Fsp3) is 0.241. The van der Waals surface area contributed by atoms with Crippen LogP contribution < -0.4 is 0 Å². The Morgan fingerprint density at radius 2 is 1.28 bits per heavy atom. The second-order valence-corrected chi connectivity index (χ2v) is 10.2. The van der Waals surface area contributed by atoms with E-state index in [4.69, 9.17) is 0 Å².